The van der Waals surface area contributed by atoms with Gasteiger partial charge in [0, 0.05) is 17.1 Å². The maximum absolute atomic E-state index is 12.5. The molecule has 3 rings (SSSR count). The molecule has 7 nitrogen and oxygen atoms in total. The zero-order chi connectivity index (χ0) is 22.5. The van der Waals surface area contributed by atoms with Gasteiger partial charge in [0.2, 0.25) is 5.91 Å². The van der Waals surface area contributed by atoms with Crippen molar-refractivity contribution in [2.75, 3.05) is 17.3 Å². The molecule has 1 aromatic heterocycles. The van der Waals surface area contributed by atoms with Crippen molar-refractivity contribution in [1.82, 2.24) is 20.1 Å². The van der Waals surface area contributed by atoms with Crippen molar-refractivity contribution in [3.05, 3.63) is 29.3 Å². The van der Waals surface area contributed by atoms with Crippen LogP contribution >= 0.6 is 23.4 Å². The van der Waals surface area contributed by atoms with E-state index in [-0.39, 0.29) is 23.2 Å². The molecule has 1 unspecified atom stereocenters. The van der Waals surface area contributed by atoms with Crippen molar-refractivity contribution in [1.29, 1.82) is 0 Å². The van der Waals surface area contributed by atoms with Gasteiger partial charge in [-0.25, -0.2) is 8.42 Å². The van der Waals surface area contributed by atoms with E-state index in [2.05, 4.69) is 27.0 Å². The van der Waals surface area contributed by atoms with Crippen LogP contribution in [0.25, 0.3) is 11.4 Å². The molecule has 1 saturated heterocycles. The molecule has 0 saturated carbocycles. The molecule has 10 heteroatoms. The Morgan fingerprint density at radius 2 is 1.97 bits per heavy atom. The minimum atomic E-state index is -3.08. The molecule has 1 amide bonds. The number of halogens is 1. The van der Waals surface area contributed by atoms with E-state index in [4.69, 9.17) is 11.6 Å². The van der Waals surface area contributed by atoms with Gasteiger partial charge in [0.25, 0.3) is 0 Å². The number of carbonyl (C=O) groups is 1. The third-order valence-corrected chi connectivity index (χ3v) is 8.45. The quantitative estimate of drug-likeness (QED) is 0.405. The van der Waals surface area contributed by atoms with Crippen LogP contribution in [0.2, 0.25) is 5.02 Å². The van der Waals surface area contributed by atoms with Crippen LogP contribution in [0.15, 0.2) is 29.4 Å². The Hall–Kier alpha value is -1.58. The molecule has 2 heterocycles. The number of hydrogen-bond acceptors (Lipinski definition) is 6. The molecule has 0 radical (unpaired) electrons. The molecule has 1 atom stereocenters. The fourth-order valence-electron chi connectivity index (χ4n) is 3.72. The van der Waals surface area contributed by atoms with Crippen molar-refractivity contribution in [2.24, 2.45) is 0 Å². The average Bonchev–Trinajstić information content (AvgIpc) is 3.23. The SMILES string of the molecule is CCCCCCn1c(SCC(=O)NC2(C)CCS(=O)(=O)C2)nnc1-c1ccc(Cl)cc1. The van der Waals surface area contributed by atoms with Crippen LogP contribution < -0.4 is 5.32 Å². The van der Waals surface area contributed by atoms with E-state index in [0.29, 0.717) is 16.6 Å². The van der Waals surface area contributed by atoms with Gasteiger partial charge in [-0.2, -0.15) is 0 Å². The number of aromatic nitrogens is 3. The summed E-state index contributed by atoms with van der Waals surface area (Å²) in [6, 6.07) is 7.47. The lowest BCUT2D eigenvalue weighted by atomic mass is 10.0. The van der Waals surface area contributed by atoms with E-state index in [1.807, 2.05) is 24.3 Å². The molecule has 1 aromatic carbocycles. The van der Waals surface area contributed by atoms with Gasteiger partial charge in [-0.3, -0.25) is 4.79 Å². The summed E-state index contributed by atoms with van der Waals surface area (Å²) in [5.74, 6) is 0.824. The van der Waals surface area contributed by atoms with Crippen molar-refractivity contribution in [2.45, 2.75) is 63.2 Å². The fraction of sp³-hybridized carbons (Fsp3) is 0.571. The van der Waals surface area contributed by atoms with Crippen LogP contribution in [0.3, 0.4) is 0 Å². The number of amides is 1. The van der Waals surface area contributed by atoms with Crippen molar-refractivity contribution < 1.29 is 13.2 Å². The zero-order valence-electron chi connectivity index (χ0n) is 17.9. The highest BCUT2D eigenvalue weighted by atomic mass is 35.5. The lowest BCUT2D eigenvalue weighted by molar-refractivity contribution is -0.120. The topological polar surface area (TPSA) is 94.0 Å². The molecule has 170 valence electrons. The normalized spacial score (nSPS) is 20.1. The zero-order valence-corrected chi connectivity index (χ0v) is 20.3. The maximum atomic E-state index is 12.5. The standard InChI is InChI=1S/C21H29ClN4O3S2/c1-3-4-5-6-12-26-19(16-7-9-17(22)10-8-16)24-25-20(26)30-14-18(27)23-21(2)11-13-31(28,29)15-21/h7-10H,3-6,11-15H2,1-2H3,(H,23,27). The van der Waals surface area contributed by atoms with E-state index in [1.54, 1.807) is 6.92 Å². The van der Waals surface area contributed by atoms with Gasteiger partial charge in [0.1, 0.15) is 0 Å². The number of rotatable bonds is 10. The third-order valence-electron chi connectivity index (χ3n) is 5.33. The molecular weight excluding hydrogens is 456 g/mol. The molecule has 2 aromatic rings. The average molecular weight is 485 g/mol. The van der Waals surface area contributed by atoms with Gasteiger partial charge in [0.15, 0.2) is 20.8 Å². The minimum Gasteiger partial charge on any atom is -0.349 e. The Labute approximate surface area is 193 Å². The first kappa shape index (κ1) is 24.1. The first-order chi connectivity index (χ1) is 14.7. The number of carbonyl (C=O) groups excluding carboxylic acids is 1. The van der Waals surface area contributed by atoms with E-state index in [1.165, 1.54) is 18.2 Å². The van der Waals surface area contributed by atoms with Crippen LogP contribution in [0.1, 0.15) is 46.0 Å². The van der Waals surface area contributed by atoms with Gasteiger partial charge >= 0.3 is 0 Å². The summed E-state index contributed by atoms with van der Waals surface area (Å²) >= 11 is 7.34. The highest BCUT2D eigenvalue weighted by Gasteiger charge is 2.39. The summed E-state index contributed by atoms with van der Waals surface area (Å²) in [5, 5.41) is 12.9. The smallest absolute Gasteiger partial charge is 0.230 e. The van der Waals surface area contributed by atoms with Gasteiger partial charge in [-0.05, 0) is 44.0 Å². The number of sulfone groups is 1. The van der Waals surface area contributed by atoms with Gasteiger partial charge in [0.05, 0.1) is 22.8 Å². The molecule has 1 fully saturated rings. The summed E-state index contributed by atoms with van der Waals surface area (Å²) in [6.45, 7) is 4.73. The number of nitrogens with one attached hydrogen (secondary N) is 1. The van der Waals surface area contributed by atoms with E-state index in [9.17, 15) is 13.2 Å². The molecule has 0 bridgehead atoms. The second kappa shape index (κ2) is 10.4. The summed E-state index contributed by atoms with van der Waals surface area (Å²) in [4.78, 5) is 12.5. The maximum Gasteiger partial charge on any atom is 0.230 e. The Morgan fingerprint density at radius 3 is 2.61 bits per heavy atom. The van der Waals surface area contributed by atoms with E-state index in [0.717, 1.165) is 37.2 Å². The van der Waals surface area contributed by atoms with E-state index < -0.39 is 15.4 Å². The molecule has 1 aliphatic heterocycles. The van der Waals surface area contributed by atoms with Crippen LogP contribution in [0.5, 0.6) is 0 Å². The lowest BCUT2D eigenvalue weighted by Gasteiger charge is -2.23. The molecule has 0 aliphatic carbocycles. The lowest BCUT2D eigenvalue weighted by Crippen LogP contribution is -2.47. The Bertz CT molecular complexity index is 1010. The predicted octanol–water partition coefficient (Wildman–Crippen LogP) is 3.96. The number of hydrogen-bond donors (Lipinski definition) is 1. The Balaban J connectivity index is 1.69. The Kier molecular flexibility index (Phi) is 8.04. The van der Waals surface area contributed by atoms with Crippen molar-refractivity contribution in [3.8, 4) is 11.4 Å². The molecule has 31 heavy (non-hydrogen) atoms. The van der Waals surface area contributed by atoms with Crippen LogP contribution in [-0.2, 0) is 21.2 Å². The van der Waals surface area contributed by atoms with Crippen LogP contribution in [0.4, 0.5) is 0 Å². The Morgan fingerprint density at radius 1 is 1.23 bits per heavy atom. The molecule has 1 N–H and O–H groups in total. The minimum absolute atomic E-state index is 0.00919. The second-order valence-electron chi connectivity index (χ2n) is 8.26. The van der Waals surface area contributed by atoms with Crippen molar-refractivity contribution in [3.63, 3.8) is 0 Å². The molecule has 0 spiro atoms. The van der Waals surface area contributed by atoms with Gasteiger partial charge < -0.3 is 9.88 Å². The van der Waals surface area contributed by atoms with Gasteiger partial charge in [-0.1, -0.05) is 49.5 Å². The van der Waals surface area contributed by atoms with Gasteiger partial charge in [-0.15, -0.1) is 10.2 Å². The summed E-state index contributed by atoms with van der Waals surface area (Å²) < 4.78 is 25.6. The number of thioether (sulfide) groups is 1. The highest BCUT2D eigenvalue weighted by molar-refractivity contribution is 7.99. The van der Waals surface area contributed by atoms with Crippen LogP contribution in [0, 0.1) is 0 Å². The third kappa shape index (κ3) is 6.70. The molecular formula is C21H29ClN4O3S2. The van der Waals surface area contributed by atoms with Crippen molar-refractivity contribution >= 4 is 39.1 Å². The first-order valence-electron chi connectivity index (χ1n) is 10.5. The number of benzene rings is 1. The largest absolute Gasteiger partial charge is 0.349 e. The number of nitrogens with zero attached hydrogens (tertiary/aromatic N) is 3. The first-order valence-corrected chi connectivity index (χ1v) is 13.7. The summed E-state index contributed by atoms with van der Waals surface area (Å²) in [6.07, 6.45) is 4.89. The fourth-order valence-corrected chi connectivity index (χ4v) is 6.70. The molecule has 1 aliphatic rings. The second-order valence-corrected chi connectivity index (χ2v) is 11.8. The predicted molar refractivity (Wildman–Crippen MR) is 125 cm³/mol. The van der Waals surface area contributed by atoms with Crippen LogP contribution in [-0.4, -0.2) is 51.9 Å². The monoisotopic (exact) mass is 484 g/mol. The number of unbranched alkanes of at least 4 members (excludes halogenated alkanes) is 3. The summed E-state index contributed by atoms with van der Waals surface area (Å²) in [7, 11) is -3.08. The van der Waals surface area contributed by atoms with E-state index >= 15 is 0 Å². The highest BCUT2D eigenvalue weighted by Crippen LogP contribution is 2.27. The summed E-state index contributed by atoms with van der Waals surface area (Å²) in [5.41, 5.74) is 0.228.